The van der Waals surface area contributed by atoms with Crippen LogP contribution in [0, 0.1) is 0 Å². The number of nitrogens with zero attached hydrogens (tertiary/aromatic N) is 1. The number of aromatic hydroxyl groups is 1. The Labute approximate surface area is 86.9 Å². The molecule has 0 bridgehead atoms. The van der Waals surface area contributed by atoms with Crippen molar-refractivity contribution in [3.05, 3.63) is 29.8 Å². The third kappa shape index (κ3) is 2.46. The van der Waals surface area contributed by atoms with Gasteiger partial charge in [0.2, 0.25) is 0 Å². The Balaban J connectivity index is 3.17. The van der Waals surface area contributed by atoms with Crippen LogP contribution in [0.1, 0.15) is 5.56 Å². The molecule has 5 nitrogen and oxygen atoms in total. The van der Waals surface area contributed by atoms with Crippen molar-refractivity contribution in [2.45, 2.75) is 0 Å². The maximum Gasteiger partial charge on any atom is 0.360 e. The van der Waals surface area contributed by atoms with Crippen LogP contribution in [-0.4, -0.2) is 31.0 Å². The summed E-state index contributed by atoms with van der Waals surface area (Å²) >= 11 is 0. The molecule has 1 aromatic carbocycles. The average Bonchev–Trinajstić information content (AvgIpc) is 2.26. The Bertz CT molecular complexity index is 387. The fourth-order valence-electron chi connectivity index (χ4n) is 1.06. The summed E-state index contributed by atoms with van der Waals surface area (Å²) < 4.78 is 4.51. The summed E-state index contributed by atoms with van der Waals surface area (Å²) in [6, 6.07) is 6.30. The Hall–Kier alpha value is -2.04. The molecule has 15 heavy (non-hydrogen) atoms. The highest BCUT2D eigenvalue weighted by Gasteiger charge is 2.18. The third-order valence-corrected chi connectivity index (χ3v) is 1.72. The molecule has 0 saturated heterocycles. The molecule has 80 valence electrons. The van der Waals surface area contributed by atoms with Crippen molar-refractivity contribution >= 4 is 11.7 Å². The zero-order chi connectivity index (χ0) is 11.3. The van der Waals surface area contributed by atoms with Crippen LogP contribution in [0.5, 0.6) is 5.75 Å². The fraction of sp³-hybridized carbons (Fsp3) is 0.200. The molecule has 0 amide bonds. The molecular weight excluding hydrogens is 198 g/mol. The maximum absolute atomic E-state index is 11.3. The van der Waals surface area contributed by atoms with Crippen LogP contribution in [0.4, 0.5) is 0 Å². The van der Waals surface area contributed by atoms with Gasteiger partial charge in [-0.25, -0.2) is 4.79 Å². The topological polar surface area (TPSA) is 68.1 Å². The number of hydrogen-bond acceptors (Lipinski definition) is 5. The molecule has 0 spiro atoms. The molecule has 1 rings (SSSR count). The molecule has 1 aromatic rings. The van der Waals surface area contributed by atoms with E-state index in [-0.39, 0.29) is 17.0 Å². The second-order valence-corrected chi connectivity index (χ2v) is 2.63. The van der Waals surface area contributed by atoms with E-state index >= 15 is 0 Å². The molecular formula is C10H11NO4. The van der Waals surface area contributed by atoms with Gasteiger partial charge in [0, 0.05) is 0 Å². The van der Waals surface area contributed by atoms with Crippen LogP contribution >= 0.6 is 0 Å². The standard InChI is InChI=1S/C10H11NO4/c1-14-10(13)9(11-15-2)7-5-3-4-6-8(7)12/h3-6,12H,1-2H3. The van der Waals surface area contributed by atoms with Crippen LogP contribution in [0.15, 0.2) is 29.4 Å². The lowest BCUT2D eigenvalue weighted by molar-refractivity contribution is -0.132. The van der Waals surface area contributed by atoms with E-state index in [1.54, 1.807) is 18.2 Å². The minimum atomic E-state index is -0.668. The summed E-state index contributed by atoms with van der Waals surface area (Å²) in [4.78, 5) is 15.8. The van der Waals surface area contributed by atoms with E-state index in [1.807, 2.05) is 0 Å². The minimum Gasteiger partial charge on any atom is -0.507 e. The molecule has 0 aromatic heterocycles. The maximum atomic E-state index is 11.3. The highest BCUT2D eigenvalue weighted by atomic mass is 16.6. The summed E-state index contributed by atoms with van der Waals surface area (Å²) in [5.41, 5.74) is 0.198. The number of benzene rings is 1. The highest BCUT2D eigenvalue weighted by molar-refractivity contribution is 6.43. The predicted octanol–water partition coefficient (Wildman–Crippen LogP) is 0.916. The third-order valence-electron chi connectivity index (χ3n) is 1.72. The number of carbonyl (C=O) groups is 1. The summed E-state index contributed by atoms with van der Waals surface area (Å²) in [7, 11) is 2.54. The number of esters is 1. The Kier molecular flexibility index (Phi) is 3.68. The lowest BCUT2D eigenvalue weighted by atomic mass is 10.1. The van der Waals surface area contributed by atoms with E-state index in [1.165, 1.54) is 20.3 Å². The lowest BCUT2D eigenvalue weighted by Gasteiger charge is -2.05. The molecule has 1 N–H and O–H groups in total. The second kappa shape index (κ2) is 4.99. The molecule has 0 atom stereocenters. The first-order chi connectivity index (χ1) is 7.20. The van der Waals surface area contributed by atoms with Gasteiger partial charge in [0.15, 0.2) is 5.71 Å². The van der Waals surface area contributed by atoms with Crippen molar-refractivity contribution in [3.63, 3.8) is 0 Å². The SMILES string of the molecule is CON=C(C(=O)OC)c1ccccc1O. The zero-order valence-corrected chi connectivity index (χ0v) is 8.43. The molecule has 0 aliphatic heterocycles. The van der Waals surface area contributed by atoms with E-state index in [0.29, 0.717) is 0 Å². The van der Waals surface area contributed by atoms with E-state index in [4.69, 9.17) is 0 Å². The van der Waals surface area contributed by atoms with E-state index in [2.05, 4.69) is 14.7 Å². The van der Waals surface area contributed by atoms with Gasteiger partial charge < -0.3 is 14.7 Å². The summed E-state index contributed by atoms with van der Waals surface area (Å²) in [6.07, 6.45) is 0. The molecule has 0 radical (unpaired) electrons. The van der Waals surface area contributed by atoms with Gasteiger partial charge in [0.25, 0.3) is 0 Å². The summed E-state index contributed by atoms with van der Waals surface area (Å²) in [5, 5.41) is 13.0. The van der Waals surface area contributed by atoms with Crippen molar-refractivity contribution < 1.29 is 19.5 Å². The van der Waals surface area contributed by atoms with E-state index < -0.39 is 5.97 Å². The number of rotatable bonds is 3. The first kappa shape index (κ1) is 11.0. The van der Waals surface area contributed by atoms with Gasteiger partial charge in [-0.3, -0.25) is 0 Å². The van der Waals surface area contributed by atoms with Crippen molar-refractivity contribution in [3.8, 4) is 5.75 Å². The van der Waals surface area contributed by atoms with Crippen molar-refractivity contribution in [1.29, 1.82) is 0 Å². The quantitative estimate of drug-likeness (QED) is 0.456. The van der Waals surface area contributed by atoms with Crippen molar-refractivity contribution in [2.75, 3.05) is 14.2 Å². The van der Waals surface area contributed by atoms with Crippen LogP contribution < -0.4 is 0 Å². The number of phenols is 1. The molecule has 0 saturated carbocycles. The van der Waals surface area contributed by atoms with E-state index in [9.17, 15) is 9.90 Å². The van der Waals surface area contributed by atoms with Gasteiger partial charge in [-0.05, 0) is 12.1 Å². The first-order valence-corrected chi connectivity index (χ1v) is 4.18. The van der Waals surface area contributed by atoms with Crippen LogP contribution in [0.25, 0.3) is 0 Å². The van der Waals surface area contributed by atoms with Gasteiger partial charge in [0.1, 0.15) is 12.9 Å². The number of ether oxygens (including phenoxy) is 1. The molecule has 0 unspecified atom stereocenters. The minimum absolute atomic E-state index is 0.0568. The Morgan fingerprint density at radius 1 is 1.33 bits per heavy atom. The number of phenolic OH excluding ortho intramolecular Hbond substituents is 1. The van der Waals surface area contributed by atoms with Gasteiger partial charge >= 0.3 is 5.97 Å². The Morgan fingerprint density at radius 2 is 2.00 bits per heavy atom. The average molecular weight is 209 g/mol. The molecule has 0 heterocycles. The van der Waals surface area contributed by atoms with Crippen LogP contribution in [0.3, 0.4) is 0 Å². The van der Waals surface area contributed by atoms with Gasteiger partial charge in [-0.1, -0.05) is 17.3 Å². The Morgan fingerprint density at radius 3 is 2.53 bits per heavy atom. The number of methoxy groups -OCH3 is 1. The largest absolute Gasteiger partial charge is 0.507 e. The van der Waals surface area contributed by atoms with Gasteiger partial charge in [-0.15, -0.1) is 0 Å². The summed E-state index contributed by atoms with van der Waals surface area (Å²) in [5.74, 6) is -0.725. The molecule has 0 aliphatic carbocycles. The predicted molar refractivity (Wildman–Crippen MR) is 53.7 cm³/mol. The molecule has 0 aliphatic rings. The van der Waals surface area contributed by atoms with Crippen LogP contribution in [0.2, 0.25) is 0 Å². The zero-order valence-electron chi connectivity index (χ0n) is 8.43. The van der Waals surface area contributed by atoms with Crippen molar-refractivity contribution in [1.82, 2.24) is 0 Å². The van der Waals surface area contributed by atoms with Gasteiger partial charge in [-0.2, -0.15) is 0 Å². The summed E-state index contributed by atoms with van der Waals surface area (Å²) in [6.45, 7) is 0. The normalized spacial score (nSPS) is 10.9. The van der Waals surface area contributed by atoms with Crippen LogP contribution in [-0.2, 0) is 14.4 Å². The second-order valence-electron chi connectivity index (χ2n) is 2.63. The number of para-hydroxylation sites is 1. The lowest BCUT2D eigenvalue weighted by Crippen LogP contribution is -2.17. The first-order valence-electron chi connectivity index (χ1n) is 4.18. The van der Waals surface area contributed by atoms with E-state index in [0.717, 1.165) is 0 Å². The number of oxime groups is 1. The molecule has 5 heteroatoms. The van der Waals surface area contributed by atoms with Gasteiger partial charge in [0.05, 0.1) is 12.7 Å². The number of hydrogen-bond donors (Lipinski definition) is 1. The number of carbonyl (C=O) groups excluding carboxylic acids is 1. The monoisotopic (exact) mass is 209 g/mol. The smallest absolute Gasteiger partial charge is 0.360 e. The molecule has 0 fully saturated rings. The fourth-order valence-corrected chi connectivity index (χ4v) is 1.06. The highest BCUT2D eigenvalue weighted by Crippen LogP contribution is 2.17. The van der Waals surface area contributed by atoms with Crippen molar-refractivity contribution in [2.24, 2.45) is 5.16 Å².